The number of benzene rings is 1. The van der Waals surface area contributed by atoms with Crippen molar-refractivity contribution in [3.8, 4) is 0 Å². The van der Waals surface area contributed by atoms with Gasteiger partial charge in [0.05, 0.1) is 9.82 Å². The summed E-state index contributed by atoms with van der Waals surface area (Å²) in [6, 6.07) is 4.68. The second-order valence-electron chi connectivity index (χ2n) is 4.67. The molecular formula is C13H18ClN3O3S. The van der Waals surface area contributed by atoms with Crippen LogP contribution in [-0.2, 0) is 0 Å². The molecule has 0 saturated carbocycles. The van der Waals surface area contributed by atoms with Crippen LogP contribution in [0.5, 0.6) is 0 Å². The molecule has 1 heterocycles. The summed E-state index contributed by atoms with van der Waals surface area (Å²) < 4.78 is 0. The number of nitro benzene ring substituents is 1. The van der Waals surface area contributed by atoms with E-state index in [4.69, 9.17) is 5.73 Å². The van der Waals surface area contributed by atoms with Crippen molar-refractivity contribution in [3.63, 3.8) is 0 Å². The van der Waals surface area contributed by atoms with Crippen LogP contribution in [0.15, 0.2) is 23.1 Å². The number of carbonyl (C=O) groups excluding carboxylic acids is 1. The summed E-state index contributed by atoms with van der Waals surface area (Å²) in [6.45, 7) is 1.09. The van der Waals surface area contributed by atoms with E-state index in [0.29, 0.717) is 23.5 Å². The summed E-state index contributed by atoms with van der Waals surface area (Å²) in [6.07, 6.45) is 3.60. The molecule has 2 N–H and O–H groups in total. The van der Waals surface area contributed by atoms with Crippen LogP contribution in [0.2, 0.25) is 0 Å². The zero-order valence-corrected chi connectivity index (χ0v) is 13.3. The van der Waals surface area contributed by atoms with Crippen LogP contribution in [0, 0.1) is 10.1 Å². The smallest absolute Gasteiger partial charge is 0.283 e. The van der Waals surface area contributed by atoms with Crippen molar-refractivity contribution in [2.75, 3.05) is 19.3 Å². The minimum Gasteiger partial charge on any atom is -0.334 e. The van der Waals surface area contributed by atoms with Crippen molar-refractivity contribution in [2.45, 2.75) is 23.8 Å². The zero-order chi connectivity index (χ0) is 14.7. The van der Waals surface area contributed by atoms with Crippen LogP contribution in [0.1, 0.15) is 23.2 Å². The highest BCUT2D eigenvalue weighted by atomic mass is 35.5. The Bertz CT molecular complexity index is 541. The highest BCUT2D eigenvalue weighted by Crippen LogP contribution is 2.29. The predicted octanol–water partition coefficient (Wildman–Crippen LogP) is 2.30. The minimum absolute atomic E-state index is 0. The molecule has 0 radical (unpaired) electrons. The van der Waals surface area contributed by atoms with Gasteiger partial charge in [-0.25, -0.2) is 0 Å². The van der Waals surface area contributed by atoms with Gasteiger partial charge in [0.25, 0.3) is 11.6 Å². The van der Waals surface area contributed by atoms with E-state index in [1.54, 1.807) is 23.3 Å². The van der Waals surface area contributed by atoms with Crippen molar-refractivity contribution in [1.82, 2.24) is 4.90 Å². The third kappa shape index (κ3) is 3.66. The monoisotopic (exact) mass is 331 g/mol. The number of thioether (sulfide) groups is 1. The number of hydrogen-bond acceptors (Lipinski definition) is 5. The summed E-state index contributed by atoms with van der Waals surface area (Å²) in [7, 11) is 0. The van der Waals surface area contributed by atoms with E-state index in [9.17, 15) is 14.9 Å². The van der Waals surface area contributed by atoms with Gasteiger partial charge in [-0.05, 0) is 31.2 Å². The van der Waals surface area contributed by atoms with Crippen LogP contribution in [0.3, 0.4) is 0 Å². The van der Waals surface area contributed by atoms with Crippen molar-refractivity contribution in [2.24, 2.45) is 5.73 Å². The topological polar surface area (TPSA) is 89.5 Å². The van der Waals surface area contributed by atoms with Gasteiger partial charge in [0.2, 0.25) is 0 Å². The Morgan fingerprint density at radius 1 is 1.57 bits per heavy atom. The van der Waals surface area contributed by atoms with E-state index in [0.717, 1.165) is 12.8 Å². The highest BCUT2D eigenvalue weighted by Gasteiger charge is 2.29. The third-order valence-electron chi connectivity index (χ3n) is 3.53. The van der Waals surface area contributed by atoms with Gasteiger partial charge in [-0.15, -0.1) is 24.2 Å². The summed E-state index contributed by atoms with van der Waals surface area (Å²) in [5.74, 6) is -0.172. The maximum Gasteiger partial charge on any atom is 0.283 e. The molecule has 1 aromatic rings. The summed E-state index contributed by atoms with van der Waals surface area (Å²) in [5.41, 5.74) is 5.99. The quantitative estimate of drug-likeness (QED) is 0.519. The first kappa shape index (κ1) is 17.7. The molecule has 1 saturated heterocycles. The van der Waals surface area contributed by atoms with Crippen LogP contribution >= 0.6 is 24.2 Å². The molecule has 21 heavy (non-hydrogen) atoms. The van der Waals surface area contributed by atoms with Gasteiger partial charge in [0.15, 0.2) is 0 Å². The van der Waals surface area contributed by atoms with Gasteiger partial charge in [-0.2, -0.15) is 0 Å². The zero-order valence-electron chi connectivity index (χ0n) is 11.7. The molecule has 8 heteroatoms. The van der Waals surface area contributed by atoms with Gasteiger partial charge < -0.3 is 10.6 Å². The van der Waals surface area contributed by atoms with Crippen LogP contribution in [0.25, 0.3) is 0 Å². The Morgan fingerprint density at radius 3 is 2.86 bits per heavy atom. The lowest BCUT2D eigenvalue weighted by molar-refractivity contribution is -0.387. The first-order valence-electron chi connectivity index (χ1n) is 6.42. The standard InChI is InChI=1S/C13H17N3O3S.ClH/c1-20-12-5-4-9(7-11(12)16(18)19)13(17)15-6-2-3-10(15)8-14;/h4-5,7,10H,2-3,6,8,14H2,1H3;1H. The molecule has 6 nitrogen and oxygen atoms in total. The molecule has 1 amide bonds. The molecule has 0 spiro atoms. The van der Waals surface area contributed by atoms with Crippen molar-refractivity contribution < 1.29 is 9.72 Å². The maximum atomic E-state index is 12.4. The molecule has 116 valence electrons. The summed E-state index contributed by atoms with van der Waals surface area (Å²) >= 11 is 1.29. The fraction of sp³-hybridized carbons (Fsp3) is 0.462. The lowest BCUT2D eigenvalue weighted by Crippen LogP contribution is -2.39. The largest absolute Gasteiger partial charge is 0.334 e. The molecule has 1 unspecified atom stereocenters. The van der Waals surface area contributed by atoms with Crippen molar-refractivity contribution in [1.29, 1.82) is 0 Å². The molecule has 0 aromatic heterocycles. The number of nitro groups is 1. The minimum atomic E-state index is -0.451. The summed E-state index contributed by atoms with van der Waals surface area (Å²) in [4.78, 5) is 25.3. The molecule has 1 aliphatic heterocycles. The van der Waals surface area contributed by atoms with Crippen LogP contribution in [0.4, 0.5) is 5.69 Å². The van der Waals surface area contributed by atoms with Gasteiger partial charge in [-0.1, -0.05) is 0 Å². The van der Waals surface area contributed by atoms with E-state index >= 15 is 0 Å². The van der Waals surface area contributed by atoms with E-state index < -0.39 is 4.92 Å². The Labute approximate surface area is 133 Å². The predicted molar refractivity (Wildman–Crippen MR) is 85.2 cm³/mol. The van der Waals surface area contributed by atoms with Crippen LogP contribution < -0.4 is 5.73 Å². The van der Waals surface area contributed by atoms with Gasteiger partial charge >= 0.3 is 0 Å². The lowest BCUT2D eigenvalue weighted by Gasteiger charge is -2.23. The number of amides is 1. The van der Waals surface area contributed by atoms with Gasteiger partial charge in [0.1, 0.15) is 0 Å². The van der Waals surface area contributed by atoms with Gasteiger partial charge in [-0.3, -0.25) is 14.9 Å². The Balaban J connectivity index is 0.00000220. The molecule has 2 rings (SSSR count). The fourth-order valence-corrected chi connectivity index (χ4v) is 3.03. The summed E-state index contributed by atoms with van der Waals surface area (Å²) in [5, 5.41) is 11.0. The average molecular weight is 332 g/mol. The number of carbonyl (C=O) groups is 1. The number of rotatable bonds is 4. The normalized spacial score (nSPS) is 17.4. The third-order valence-corrected chi connectivity index (χ3v) is 4.32. The van der Waals surface area contributed by atoms with Crippen molar-refractivity contribution >= 4 is 35.8 Å². The van der Waals surface area contributed by atoms with E-state index in [1.807, 2.05) is 0 Å². The molecule has 1 atom stereocenters. The Hall–Kier alpha value is -1.31. The highest BCUT2D eigenvalue weighted by molar-refractivity contribution is 7.98. The molecule has 1 aromatic carbocycles. The molecule has 1 aliphatic rings. The molecular weight excluding hydrogens is 314 g/mol. The second-order valence-corrected chi connectivity index (χ2v) is 5.52. The van der Waals surface area contributed by atoms with Gasteiger partial charge in [0, 0.05) is 30.8 Å². The second kappa shape index (κ2) is 7.63. The first-order valence-corrected chi connectivity index (χ1v) is 7.64. The van der Waals surface area contributed by atoms with E-state index in [-0.39, 0.29) is 30.0 Å². The van der Waals surface area contributed by atoms with Crippen molar-refractivity contribution in [3.05, 3.63) is 33.9 Å². The number of nitrogens with zero attached hydrogens (tertiary/aromatic N) is 2. The first-order chi connectivity index (χ1) is 9.58. The fourth-order valence-electron chi connectivity index (χ4n) is 2.48. The molecule has 0 bridgehead atoms. The van der Waals surface area contributed by atoms with E-state index in [1.165, 1.54) is 17.8 Å². The molecule has 0 aliphatic carbocycles. The average Bonchev–Trinajstić information content (AvgIpc) is 2.94. The Morgan fingerprint density at radius 2 is 2.29 bits per heavy atom. The number of halogens is 1. The number of hydrogen-bond donors (Lipinski definition) is 1. The number of nitrogens with two attached hydrogens (primary N) is 1. The maximum absolute atomic E-state index is 12.4. The molecule has 1 fully saturated rings. The number of likely N-dealkylation sites (tertiary alicyclic amines) is 1. The van der Waals surface area contributed by atoms with E-state index in [2.05, 4.69) is 0 Å². The lowest BCUT2D eigenvalue weighted by atomic mass is 10.1. The Kier molecular flexibility index (Phi) is 6.44. The SMILES string of the molecule is CSc1ccc(C(=O)N2CCCC2CN)cc1[N+](=O)[O-].Cl. The van der Waals surface area contributed by atoms with Crippen LogP contribution in [-0.4, -0.2) is 41.1 Å².